The maximum atomic E-state index is 13.2. The van der Waals surface area contributed by atoms with Crippen LogP contribution in [-0.4, -0.2) is 47.0 Å². The van der Waals surface area contributed by atoms with Crippen molar-refractivity contribution in [2.45, 2.75) is 26.9 Å². The van der Waals surface area contributed by atoms with E-state index in [9.17, 15) is 14.4 Å². The summed E-state index contributed by atoms with van der Waals surface area (Å²) in [5.41, 5.74) is 2.25. The van der Waals surface area contributed by atoms with Gasteiger partial charge in [-0.05, 0) is 39.0 Å². The van der Waals surface area contributed by atoms with E-state index in [2.05, 4.69) is 32.5 Å². The summed E-state index contributed by atoms with van der Waals surface area (Å²) < 4.78 is 5.66. The maximum absolute atomic E-state index is 13.2. The molecule has 0 aliphatic carbocycles. The molecule has 0 unspecified atom stereocenters. The summed E-state index contributed by atoms with van der Waals surface area (Å²) in [6.07, 6.45) is 2.75. The van der Waals surface area contributed by atoms with E-state index in [1.54, 1.807) is 31.3 Å². The molecule has 0 spiro atoms. The number of pyridine rings is 2. The summed E-state index contributed by atoms with van der Waals surface area (Å²) in [7, 11) is 0. The molecular formula is C23H24N6O4S. The Bertz CT molecular complexity index is 1300. The SMILES string of the molecule is C=CC(=O)NCCNC(=O)c1sc2nccc3c2c1NC(=O)N3c1ccc(OC(C)C)nc1C. The molecule has 4 amide bonds. The Morgan fingerprint density at radius 1 is 1.24 bits per heavy atom. The molecule has 1 aliphatic heterocycles. The van der Waals surface area contributed by atoms with Crippen LogP contribution in [0.3, 0.4) is 0 Å². The number of rotatable bonds is 8. The Morgan fingerprint density at radius 3 is 2.71 bits per heavy atom. The molecule has 34 heavy (non-hydrogen) atoms. The van der Waals surface area contributed by atoms with Gasteiger partial charge in [0.05, 0.1) is 34.2 Å². The first kappa shape index (κ1) is 23.2. The number of urea groups is 1. The predicted octanol–water partition coefficient (Wildman–Crippen LogP) is 3.50. The monoisotopic (exact) mass is 480 g/mol. The molecule has 0 saturated carbocycles. The molecular weight excluding hydrogens is 456 g/mol. The van der Waals surface area contributed by atoms with Crippen LogP contribution in [0.25, 0.3) is 10.2 Å². The Hall–Kier alpha value is -3.99. The number of aromatic nitrogens is 2. The van der Waals surface area contributed by atoms with Crippen molar-refractivity contribution in [3.8, 4) is 5.88 Å². The maximum Gasteiger partial charge on any atom is 0.331 e. The van der Waals surface area contributed by atoms with Gasteiger partial charge in [-0.2, -0.15) is 0 Å². The van der Waals surface area contributed by atoms with Crippen LogP contribution in [-0.2, 0) is 4.79 Å². The standard InChI is InChI=1S/C23H24N6O4S/c1-5-16(30)24-10-11-25-21(31)20-19-18-15(8-9-26-22(18)34-20)29(23(32)28-19)14-6-7-17(27-13(14)4)33-12(2)3/h5-9,12H,1,10-11H2,2-4H3,(H,24,30)(H,25,31)(H,28,32). The van der Waals surface area contributed by atoms with E-state index in [0.717, 1.165) is 6.08 Å². The Kier molecular flexibility index (Phi) is 6.46. The zero-order valence-electron chi connectivity index (χ0n) is 19.0. The molecule has 11 heteroatoms. The second kappa shape index (κ2) is 9.48. The fourth-order valence-electron chi connectivity index (χ4n) is 3.57. The molecule has 0 saturated heterocycles. The number of anilines is 3. The van der Waals surface area contributed by atoms with Gasteiger partial charge in [0, 0.05) is 25.4 Å². The Labute approximate surface area is 200 Å². The van der Waals surface area contributed by atoms with Crippen molar-refractivity contribution in [2.75, 3.05) is 23.3 Å². The number of thiophene rings is 1. The summed E-state index contributed by atoms with van der Waals surface area (Å²) in [6, 6.07) is 4.84. The van der Waals surface area contributed by atoms with Crippen LogP contribution >= 0.6 is 11.3 Å². The second-order valence-corrected chi connectivity index (χ2v) is 8.75. The van der Waals surface area contributed by atoms with Crippen LogP contribution in [0.2, 0.25) is 0 Å². The molecule has 3 N–H and O–H groups in total. The molecule has 176 valence electrons. The number of amides is 4. The molecule has 0 aromatic carbocycles. The van der Waals surface area contributed by atoms with Gasteiger partial charge >= 0.3 is 6.03 Å². The van der Waals surface area contributed by atoms with Crippen molar-refractivity contribution in [3.63, 3.8) is 0 Å². The fraction of sp³-hybridized carbons (Fsp3) is 0.261. The summed E-state index contributed by atoms with van der Waals surface area (Å²) in [4.78, 5) is 48.6. The van der Waals surface area contributed by atoms with Crippen LogP contribution in [0.15, 0.2) is 37.1 Å². The lowest BCUT2D eigenvalue weighted by molar-refractivity contribution is -0.116. The molecule has 3 aromatic heterocycles. The van der Waals surface area contributed by atoms with E-state index in [4.69, 9.17) is 4.74 Å². The molecule has 4 rings (SSSR count). The Morgan fingerprint density at radius 2 is 2.00 bits per heavy atom. The van der Waals surface area contributed by atoms with Crippen LogP contribution in [0.5, 0.6) is 5.88 Å². The first-order chi connectivity index (χ1) is 16.3. The summed E-state index contributed by atoms with van der Waals surface area (Å²) in [5, 5.41) is 8.87. The van der Waals surface area contributed by atoms with E-state index in [1.807, 2.05) is 13.8 Å². The first-order valence-corrected chi connectivity index (χ1v) is 11.5. The van der Waals surface area contributed by atoms with Crippen molar-refractivity contribution in [1.82, 2.24) is 20.6 Å². The van der Waals surface area contributed by atoms with Crippen LogP contribution in [0.1, 0.15) is 29.2 Å². The molecule has 0 fully saturated rings. The van der Waals surface area contributed by atoms with Gasteiger partial charge in [-0.1, -0.05) is 6.58 Å². The van der Waals surface area contributed by atoms with Crippen molar-refractivity contribution in [3.05, 3.63) is 47.6 Å². The van der Waals surface area contributed by atoms with Gasteiger partial charge in [0.1, 0.15) is 9.71 Å². The molecule has 0 atom stereocenters. The molecule has 1 aliphatic rings. The normalized spacial score (nSPS) is 12.5. The van der Waals surface area contributed by atoms with E-state index < -0.39 is 6.03 Å². The summed E-state index contributed by atoms with van der Waals surface area (Å²) in [5.74, 6) is -0.201. The van der Waals surface area contributed by atoms with Crippen molar-refractivity contribution >= 4 is 56.5 Å². The average molecular weight is 481 g/mol. The van der Waals surface area contributed by atoms with E-state index in [0.29, 0.717) is 43.7 Å². The number of hydrogen-bond donors (Lipinski definition) is 3. The van der Waals surface area contributed by atoms with Crippen molar-refractivity contribution < 1.29 is 19.1 Å². The number of nitrogens with zero attached hydrogens (tertiary/aromatic N) is 3. The van der Waals surface area contributed by atoms with Crippen molar-refractivity contribution in [1.29, 1.82) is 0 Å². The minimum Gasteiger partial charge on any atom is -0.475 e. The molecule has 10 nitrogen and oxygen atoms in total. The third kappa shape index (κ3) is 4.42. The van der Waals surface area contributed by atoms with Crippen LogP contribution < -0.4 is 25.6 Å². The number of aryl methyl sites for hydroxylation is 1. The van der Waals surface area contributed by atoms with Gasteiger partial charge < -0.3 is 20.7 Å². The minimum atomic E-state index is -0.409. The number of nitrogens with one attached hydrogen (secondary N) is 3. The van der Waals surface area contributed by atoms with Gasteiger partial charge in [0.2, 0.25) is 11.8 Å². The zero-order chi connectivity index (χ0) is 24.4. The second-order valence-electron chi connectivity index (χ2n) is 7.75. The third-order valence-electron chi connectivity index (χ3n) is 4.98. The first-order valence-electron chi connectivity index (χ1n) is 10.7. The van der Waals surface area contributed by atoms with Gasteiger partial charge in [-0.3, -0.25) is 14.5 Å². The van der Waals surface area contributed by atoms with Gasteiger partial charge in [0.25, 0.3) is 5.91 Å². The largest absolute Gasteiger partial charge is 0.475 e. The number of hydrogen-bond acceptors (Lipinski definition) is 7. The lowest BCUT2D eigenvalue weighted by Gasteiger charge is -2.29. The molecule has 4 heterocycles. The van der Waals surface area contributed by atoms with E-state index in [1.165, 1.54) is 16.2 Å². The van der Waals surface area contributed by atoms with Gasteiger partial charge in [-0.25, -0.2) is 14.8 Å². The molecule has 0 bridgehead atoms. The summed E-state index contributed by atoms with van der Waals surface area (Å²) in [6.45, 7) is 9.50. The highest BCUT2D eigenvalue weighted by atomic mass is 32.1. The number of ether oxygens (including phenoxy) is 1. The predicted molar refractivity (Wildman–Crippen MR) is 131 cm³/mol. The van der Waals surface area contributed by atoms with Gasteiger partial charge in [0.15, 0.2) is 0 Å². The highest BCUT2D eigenvalue weighted by molar-refractivity contribution is 7.21. The summed E-state index contributed by atoms with van der Waals surface area (Å²) >= 11 is 1.19. The lowest BCUT2D eigenvalue weighted by Crippen LogP contribution is -2.36. The van der Waals surface area contributed by atoms with Crippen LogP contribution in [0, 0.1) is 6.92 Å². The Balaban J connectivity index is 1.65. The molecule has 3 aromatic rings. The van der Waals surface area contributed by atoms with E-state index in [-0.39, 0.29) is 31.0 Å². The highest BCUT2D eigenvalue weighted by Crippen LogP contribution is 2.46. The molecule has 0 radical (unpaired) electrons. The zero-order valence-corrected chi connectivity index (χ0v) is 19.8. The van der Waals surface area contributed by atoms with Crippen LogP contribution in [0.4, 0.5) is 21.9 Å². The van der Waals surface area contributed by atoms with Crippen molar-refractivity contribution in [2.24, 2.45) is 0 Å². The average Bonchev–Trinajstić information content (AvgIpc) is 3.16. The number of carbonyl (C=O) groups is 3. The fourth-order valence-corrected chi connectivity index (χ4v) is 4.61. The number of carbonyl (C=O) groups excluding carboxylic acids is 3. The third-order valence-corrected chi connectivity index (χ3v) is 6.07. The smallest absolute Gasteiger partial charge is 0.331 e. The minimum absolute atomic E-state index is 0.0213. The lowest BCUT2D eigenvalue weighted by atomic mass is 10.1. The van der Waals surface area contributed by atoms with Gasteiger partial charge in [-0.15, -0.1) is 11.3 Å². The highest BCUT2D eigenvalue weighted by Gasteiger charge is 2.33. The topological polar surface area (TPSA) is 126 Å². The quantitative estimate of drug-likeness (QED) is 0.335. The van der Waals surface area contributed by atoms with E-state index >= 15 is 0 Å².